The Morgan fingerprint density at radius 2 is 2.00 bits per heavy atom. The summed E-state index contributed by atoms with van der Waals surface area (Å²) in [5.74, 6) is 0.180. The normalized spacial score (nSPS) is 17.6. The van der Waals surface area contributed by atoms with Crippen molar-refractivity contribution in [2.75, 3.05) is 32.7 Å². The van der Waals surface area contributed by atoms with Crippen LogP contribution in [0.25, 0.3) is 0 Å². The lowest BCUT2D eigenvalue weighted by Gasteiger charge is -2.40. The van der Waals surface area contributed by atoms with E-state index in [0.29, 0.717) is 13.0 Å². The van der Waals surface area contributed by atoms with Crippen molar-refractivity contribution in [2.24, 2.45) is 11.1 Å². The second-order valence-corrected chi connectivity index (χ2v) is 5.46. The largest absolute Gasteiger partial charge is 0.356 e. The standard InChI is InChI=1S/C14H29N3O/c1-3-17(4-2)10-6-9-16-13(18)11-14(12-15)7-5-8-14/h3-12,15H2,1-2H3,(H,16,18). The first-order chi connectivity index (χ1) is 8.65. The zero-order chi connectivity index (χ0) is 13.4. The summed E-state index contributed by atoms with van der Waals surface area (Å²) >= 11 is 0. The average Bonchev–Trinajstić information content (AvgIpc) is 2.34. The van der Waals surface area contributed by atoms with E-state index in [1.54, 1.807) is 0 Å². The van der Waals surface area contributed by atoms with Crippen LogP contribution in [-0.2, 0) is 4.79 Å². The first kappa shape index (κ1) is 15.4. The summed E-state index contributed by atoms with van der Waals surface area (Å²) in [6, 6.07) is 0. The summed E-state index contributed by atoms with van der Waals surface area (Å²) in [5, 5.41) is 3.02. The van der Waals surface area contributed by atoms with Crippen LogP contribution < -0.4 is 11.1 Å². The van der Waals surface area contributed by atoms with Crippen molar-refractivity contribution in [3.8, 4) is 0 Å². The summed E-state index contributed by atoms with van der Waals surface area (Å²) in [7, 11) is 0. The van der Waals surface area contributed by atoms with Crippen molar-refractivity contribution in [1.82, 2.24) is 10.2 Å². The fourth-order valence-electron chi connectivity index (χ4n) is 2.60. The average molecular weight is 255 g/mol. The van der Waals surface area contributed by atoms with Crippen LogP contribution in [0.1, 0.15) is 46.0 Å². The summed E-state index contributed by atoms with van der Waals surface area (Å²) in [6.07, 6.45) is 5.12. The van der Waals surface area contributed by atoms with Gasteiger partial charge in [0.1, 0.15) is 0 Å². The molecule has 1 aliphatic rings. The fraction of sp³-hybridized carbons (Fsp3) is 0.929. The number of nitrogens with one attached hydrogen (secondary N) is 1. The lowest BCUT2D eigenvalue weighted by molar-refractivity contribution is -0.124. The molecule has 18 heavy (non-hydrogen) atoms. The summed E-state index contributed by atoms with van der Waals surface area (Å²) in [6.45, 7) is 9.01. The molecule has 3 N–H and O–H groups in total. The Kier molecular flexibility index (Phi) is 6.65. The third-order valence-electron chi connectivity index (χ3n) is 4.25. The van der Waals surface area contributed by atoms with E-state index < -0.39 is 0 Å². The van der Waals surface area contributed by atoms with Crippen molar-refractivity contribution >= 4 is 5.91 Å². The molecule has 1 rings (SSSR count). The molecule has 1 fully saturated rings. The van der Waals surface area contributed by atoms with Crippen LogP contribution in [0.3, 0.4) is 0 Å². The van der Waals surface area contributed by atoms with Gasteiger partial charge in [0.2, 0.25) is 5.91 Å². The van der Waals surface area contributed by atoms with E-state index in [2.05, 4.69) is 24.1 Å². The predicted octanol–water partition coefficient (Wildman–Crippen LogP) is 1.35. The van der Waals surface area contributed by atoms with E-state index in [9.17, 15) is 4.79 Å². The first-order valence-electron chi connectivity index (χ1n) is 7.35. The molecule has 4 nitrogen and oxygen atoms in total. The van der Waals surface area contributed by atoms with Crippen molar-refractivity contribution in [3.63, 3.8) is 0 Å². The van der Waals surface area contributed by atoms with Crippen LogP contribution in [0.4, 0.5) is 0 Å². The molecule has 0 aromatic rings. The molecule has 0 aromatic heterocycles. The van der Waals surface area contributed by atoms with E-state index in [4.69, 9.17) is 5.73 Å². The van der Waals surface area contributed by atoms with Gasteiger partial charge < -0.3 is 16.0 Å². The quantitative estimate of drug-likeness (QED) is 0.612. The van der Waals surface area contributed by atoms with Crippen LogP contribution in [0, 0.1) is 5.41 Å². The summed E-state index contributed by atoms with van der Waals surface area (Å²) in [5.41, 5.74) is 5.89. The maximum atomic E-state index is 11.8. The SMILES string of the molecule is CCN(CC)CCCNC(=O)CC1(CN)CCC1. The minimum atomic E-state index is 0.128. The third kappa shape index (κ3) is 4.58. The Hall–Kier alpha value is -0.610. The minimum absolute atomic E-state index is 0.128. The fourth-order valence-corrected chi connectivity index (χ4v) is 2.60. The number of hydrogen-bond donors (Lipinski definition) is 2. The maximum absolute atomic E-state index is 11.8. The van der Waals surface area contributed by atoms with Crippen molar-refractivity contribution in [3.05, 3.63) is 0 Å². The highest BCUT2D eigenvalue weighted by atomic mass is 16.1. The van der Waals surface area contributed by atoms with Gasteiger partial charge in [-0.15, -0.1) is 0 Å². The Labute approximate surface area is 111 Å². The topological polar surface area (TPSA) is 58.4 Å². The number of nitrogens with two attached hydrogens (primary N) is 1. The van der Waals surface area contributed by atoms with E-state index >= 15 is 0 Å². The molecular formula is C14H29N3O. The molecule has 0 bridgehead atoms. The second-order valence-electron chi connectivity index (χ2n) is 5.46. The summed E-state index contributed by atoms with van der Waals surface area (Å²) < 4.78 is 0. The van der Waals surface area contributed by atoms with Gasteiger partial charge in [0, 0.05) is 13.0 Å². The molecule has 0 saturated heterocycles. The monoisotopic (exact) mass is 255 g/mol. The first-order valence-corrected chi connectivity index (χ1v) is 7.35. The lowest BCUT2D eigenvalue weighted by Crippen LogP contribution is -2.42. The Bertz CT molecular complexity index is 242. The number of hydrogen-bond acceptors (Lipinski definition) is 3. The number of carbonyl (C=O) groups is 1. The molecule has 0 radical (unpaired) electrons. The molecule has 0 aromatic carbocycles. The molecule has 1 saturated carbocycles. The maximum Gasteiger partial charge on any atom is 0.220 e. The smallest absolute Gasteiger partial charge is 0.220 e. The van der Waals surface area contributed by atoms with Gasteiger partial charge in [-0.1, -0.05) is 20.3 Å². The van der Waals surface area contributed by atoms with Crippen LogP contribution in [-0.4, -0.2) is 43.5 Å². The van der Waals surface area contributed by atoms with Gasteiger partial charge >= 0.3 is 0 Å². The molecule has 0 aliphatic heterocycles. The third-order valence-corrected chi connectivity index (χ3v) is 4.25. The minimum Gasteiger partial charge on any atom is -0.356 e. The van der Waals surface area contributed by atoms with Gasteiger partial charge in [-0.05, 0) is 50.9 Å². The molecule has 1 aliphatic carbocycles. The van der Waals surface area contributed by atoms with E-state index in [0.717, 1.165) is 45.4 Å². The molecule has 0 heterocycles. The zero-order valence-electron chi connectivity index (χ0n) is 12.0. The van der Waals surface area contributed by atoms with Gasteiger partial charge in [0.25, 0.3) is 0 Å². The number of nitrogens with zero attached hydrogens (tertiary/aromatic N) is 1. The van der Waals surface area contributed by atoms with E-state index in [1.165, 1.54) is 6.42 Å². The van der Waals surface area contributed by atoms with Crippen molar-refractivity contribution in [1.29, 1.82) is 0 Å². The molecule has 106 valence electrons. The van der Waals surface area contributed by atoms with Gasteiger partial charge in [-0.2, -0.15) is 0 Å². The number of rotatable bonds is 9. The number of amides is 1. The Morgan fingerprint density at radius 1 is 1.33 bits per heavy atom. The van der Waals surface area contributed by atoms with Gasteiger partial charge in [-0.3, -0.25) is 4.79 Å². The van der Waals surface area contributed by atoms with E-state index in [1.807, 2.05) is 0 Å². The van der Waals surface area contributed by atoms with Crippen LogP contribution >= 0.6 is 0 Å². The molecule has 4 heteroatoms. The lowest BCUT2D eigenvalue weighted by atomic mass is 9.66. The Morgan fingerprint density at radius 3 is 2.44 bits per heavy atom. The molecule has 1 amide bonds. The van der Waals surface area contributed by atoms with Gasteiger partial charge in [0.05, 0.1) is 0 Å². The van der Waals surface area contributed by atoms with Crippen molar-refractivity contribution in [2.45, 2.75) is 46.0 Å². The summed E-state index contributed by atoms with van der Waals surface area (Å²) in [4.78, 5) is 14.2. The Balaban J connectivity index is 2.10. The van der Waals surface area contributed by atoms with E-state index in [-0.39, 0.29) is 11.3 Å². The highest BCUT2D eigenvalue weighted by molar-refractivity contribution is 5.76. The molecule has 0 unspecified atom stereocenters. The van der Waals surface area contributed by atoms with Crippen LogP contribution in [0.2, 0.25) is 0 Å². The predicted molar refractivity (Wildman–Crippen MR) is 75.4 cm³/mol. The van der Waals surface area contributed by atoms with Crippen molar-refractivity contribution < 1.29 is 4.79 Å². The molecule has 0 atom stereocenters. The highest BCUT2D eigenvalue weighted by Crippen LogP contribution is 2.42. The van der Waals surface area contributed by atoms with Crippen LogP contribution in [0.15, 0.2) is 0 Å². The molecular weight excluding hydrogens is 226 g/mol. The number of carbonyl (C=O) groups excluding carboxylic acids is 1. The molecule has 0 spiro atoms. The highest BCUT2D eigenvalue weighted by Gasteiger charge is 2.37. The van der Waals surface area contributed by atoms with Gasteiger partial charge in [-0.25, -0.2) is 0 Å². The van der Waals surface area contributed by atoms with Crippen LogP contribution in [0.5, 0.6) is 0 Å². The van der Waals surface area contributed by atoms with Gasteiger partial charge in [0.15, 0.2) is 0 Å². The second kappa shape index (κ2) is 7.74. The zero-order valence-corrected chi connectivity index (χ0v) is 12.0.